The van der Waals surface area contributed by atoms with Gasteiger partial charge in [-0.1, -0.05) is 0 Å². The van der Waals surface area contributed by atoms with E-state index in [9.17, 15) is 0 Å². The summed E-state index contributed by atoms with van der Waals surface area (Å²) in [5.41, 5.74) is 9.45. The molecule has 0 radical (unpaired) electrons. The number of fused-ring (bicyclic) bond motifs is 1. The minimum Gasteiger partial charge on any atom is -0.368 e. The van der Waals surface area contributed by atoms with Crippen molar-refractivity contribution in [2.24, 2.45) is 0 Å². The minimum atomic E-state index is 0.303. The second kappa shape index (κ2) is 4.58. The van der Waals surface area contributed by atoms with Gasteiger partial charge < -0.3 is 11.1 Å². The van der Waals surface area contributed by atoms with Crippen molar-refractivity contribution in [3.8, 4) is 6.07 Å². The first-order chi connectivity index (χ1) is 9.26. The highest BCUT2D eigenvalue weighted by Crippen LogP contribution is 2.28. The molecule has 0 fully saturated rings. The Bertz CT molecular complexity index is 655. The quantitative estimate of drug-likeness (QED) is 0.854. The van der Waals surface area contributed by atoms with Crippen molar-refractivity contribution in [1.29, 1.82) is 5.26 Å². The highest BCUT2D eigenvalue weighted by Gasteiger charge is 2.18. The Morgan fingerprint density at radius 2 is 1.95 bits per heavy atom. The highest BCUT2D eigenvalue weighted by atomic mass is 15.1. The van der Waals surface area contributed by atoms with Crippen LogP contribution in [0.25, 0.3) is 0 Å². The molecular formula is C14H13N5. The zero-order valence-electron chi connectivity index (χ0n) is 10.3. The predicted octanol–water partition coefficient (Wildman–Crippen LogP) is 2.16. The molecular weight excluding hydrogens is 238 g/mol. The SMILES string of the molecule is N#Cc1ccc(Nc2nc(N)nc3c2CCC3)cc1. The van der Waals surface area contributed by atoms with E-state index in [-0.39, 0.29) is 0 Å². The predicted molar refractivity (Wildman–Crippen MR) is 72.9 cm³/mol. The maximum Gasteiger partial charge on any atom is 0.222 e. The van der Waals surface area contributed by atoms with E-state index < -0.39 is 0 Å². The van der Waals surface area contributed by atoms with E-state index in [4.69, 9.17) is 11.0 Å². The molecule has 0 saturated carbocycles. The molecule has 1 heterocycles. The maximum absolute atomic E-state index is 8.77. The molecule has 0 atom stereocenters. The summed E-state index contributed by atoms with van der Waals surface area (Å²) in [4.78, 5) is 8.54. The van der Waals surface area contributed by atoms with Gasteiger partial charge in [0.05, 0.1) is 17.3 Å². The first-order valence-corrected chi connectivity index (χ1v) is 6.19. The number of aromatic nitrogens is 2. The Labute approximate surface area is 111 Å². The molecule has 1 aliphatic rings. The van der Waals surface area contributed by atoms with E-state index in [2.05, 4.69) is 21.4 Å². The van der Waals surface area contributed by atoms with Crippen LogP contribution in [0.5, 0.6) is 0 Å². The van der Waals surface area contributed by atoms with Gasteiger partial charge in [0, 0.05) is 11.3 Å². The molecule has 1 aliphatic carbocycles. The molecule has 0 saturated heterocycles. The maximum atomic E-state index is 8.77. The summed E-state index contributed by atoms with van der Waals surface area (Å²) in [5.74, 6) is 1.08. The molecule has 1 aromatic heterocycles. The van der Waals surface area contributed by atoms with E-state index in [1.54, 1.807) is 12.1 Å². The van der Waals surface area contributed by atoms with Gasteiger partial charge in [0.15, 0.2) is 0 Å². The summed E-state index contributed by atoms with van der Waals surface area (Å²) < 4.78 is 0. The second-order valence-electron chi connectivity index (χ2n) is 4.52. The Morgan fingerprint density at radius 1 is 1.16 bits per heavy atom. The van der Waals surface area contributed by atoms with Gasteiger partial charge in [-0.25, -0.2) is 4.98 Å². The van der Waals surface area contributed by atoms with Crippen LogP contribution >= 0.6 is 0 Å². The van der Waals surface area contributed by atoms with Gasteiger partial charge in [-0.2, -0.15) is 10.2 Å². The van der Waals surface area contributed by atoms with Crippen LogP contribution in [0, 0.1) is 11.3 Å². The lowest BCUT2D eigenvalue weighted by molar-refractivity contribution is 0.900. The molecule has 3 rings (SSSR count). The van der Waals surface area contributed by atoms with Crippen LogP contribution in [0.2, 0.25) is 0 Å². The fourth-order valence-corrected chi connectivity index (χ4v) is 2.32. The zero-order valence-corrected chi connectivity index (χ0v) is 10.3. The van der Waals surface area contributed by atoms with Gasteiger partial charge in [0.1, 0.15) is 5.82 Å². The Kier molecular flexibility index (Phi) is 2.76. The van der Waals surface area contributed by atoms with Gasteiger partial charge in [-0.05, 0) is 43.5 Å². The molecule has 3 N–H and O–H groups in total. The fourth-order valence-electron chi connectivity index (χ4n) is 2.32. The van der Waals surface area contributed by atoms with Gasteiger partial charge in [0.25, 0.3) is 0 Å². The smallest absolute Gasteiger partial charge is 0.222 e. The van der Waals surface area contributed by atoms with Crippen LogP contribution in [-0.2, 0) is 12.8 Å². The van der Waals surface area contributed by atoms with E-state index in [0.29, 0.717) is 11.5 Å². The lowest BCUT2D eigenvalue weighted by atomic mass is 10.2. The van der Waals surface area contributed by atoms with Crippen LogP contribution < -0.4 is 11.1 Å². The van der Waals surface area contributed by atoms with Crippen LogP contribution in [0.3, 0.4) is 0 Å². The summed E-state index contributed by atoms with van der Waals surface area (Å²) in [5, 5.41) is 12.0. The number of nitrogens with two attached hydrogens (primary N) is 1. The lowest BCUT2D eigenvalue weighted by Gasteiger charge is -2.10. The highest BCUT2D eigenvalue weighted by molar-refractivity contribution is 5.62. The number of aryl methyl sites for hydroxylation is 1. The number of anilines is 3. The summed E-state index contributed by atoms with van der Waals surface area (Å²) in [6, 6.07) is 9.36. The molecule has 19 heavy (non-hydrogen) atoms. The molecule has 5 heteroatoms. The van der Waals surface area contributed by atoms with Crippen molar-refractivity contribution >= 4 is 17.5 Å². The van der Waals surface area contributed by atoms with E-state index in [1.807, 2.05) is 12.1 Å². The van der Waals surface area contributed by atoms with Gasteiger partial charge >= 0.3 is 0 Å². The van der Waals surface area contributed by atoms with Crippen molar-refractivity contribution in [3.05, 3.63) is 41.1 Å². The van der Waals surface area contributed by atoms with E-state index >= 15 is 0 Å². The number of nitrogen functional groups attached to an aromatic ring is 1. The summed E-state index contributed by atoms with van der Waals surface area (Å²) >= 11 is 0. The van der Waals surface area contributed by atoms with Crippen molar-refractivity contribution in [2.75, 3.05) is 11.1 Å². The molecule has 5 nitrogen and oxygen atoms in total. The van der Waals surface area contributed by atoms with Crippen molar-refractivity contribution < 1.29 is 0 Å². The Morgan fingerprint density at radius 3 is 2.68 bits per heavy atom. The number of nitrogens with one attached hydrogen (secondary N) is 1. The van der Waals surface area contributed by atoms with Crippen LogP contribution in [0.15, 0.2) is 24.3 Å². The average molecular weight is 251 g/mol. The normalized spacial score (nSPS) is 12.8. The van der Waals surface area contributed by atoms with Crippen molar-refractivity contribution in [1.82, 2.24) is 9.97 Å². The molecule has 0 unspecified atom stereocenters. The molecule has 0 aliphatic heterocycles. The number of hydrogen-bond acceptors (Lipinski definition) is 5. The van der Waals surface area contributed by atoms with E-state index in [0.717, 1.165) is 42.0 Å². The lowest BCUT2D eigenvalue weighted by Crippen LogP contribution is -2.05. The summed E-state index contributed by atoms with van der Waals surface area (Å²) in [6.45, 7) is 0. The third-order valence-electron chi connectivity index (χ3n) is 3.23. The van der Waals surface area contributed by atoms with Crippen LogP contribution in [-0.4, -0.2) is 9.97 Å². The number of benzene rings is 1. The molecule has 2 aromatic rings. The first kappa shape index (κ1) is 11.5. The molecule has 94 valence electrons. The van der Waals surface area contributed by atoms with Crippen LogP contribution in [0.4, 0.5) is 17.5 Å². The number of nitriles is 1. The third kappa shape index (κ3) is 2.20. The molecule has 0 amide bonds. The number of nitrogens with zero attached hydrogens (tertiary/aromatic N) is 3. The number of rotatable bonds is 2. The average Bonchev–Trinajstić information content (AvgIpc) is 2.88. The third-order valence-corrected chi connectivity index (χ3v) is 3.23. The van der Waals surface area contributed by atoms with Crippen LogP contribution in [0.1, 0.15) is 23.2 Å². The van der Waals surface area contributed by atoms with Gasteiger partial charge in [-0.3, -0.25) is 0 Å². The minimum absolute atomic E-state index is 0.303. The largest absolute Gasteiger partial charge is 0.368 e. The molecule has 0 bridgehead atoms. The topological polar surface area (TPSA) is 87.6 Å². The molecule has 1 aromatic carbocycles. The monoisotopic (exact) mass is 251 g/mol. The Balaban J connectivity index is 1.93. The van der Waals surface area contributed by atoms with Gasteiger partial charge in [-0.15, -0.1) is 0 Å². The molecule has 0 spiro atoms. The Hall–Kier alpha value is -2.61. The summed E-state index contributed by atoms with van der Waals surface area (Å²) in [7, 11) is 0. The van der Waals surface area contributed by atoms with Crippen molar-refractivity contribution in [2.45, 2.75) is 19.3 Å². The fraction of sp³-hybridized carbons (Fsp3) is 0.214. The van der Waals surface area contributed by atoms with E-state index in [1.165, 1.54) is 0 Å². The van der Waals surface area contributed by atoms with Gasteiger partial charge in [0.2, 0.25) is 5.95 Å². The first-order valence-electron chi connectivity index (χ1n) is 6.19. The number of hydrogen-bond donors (Lipinski definition) is 2. The zero-order chi connectivity index (χ0) is 13.2. The van der Waals surface area contributed by atoms with Crippen molar-refractivity contribution in [3.63, 3.8) is 0 Å². The summed E-state index contributed by atoms with van der Waals surface area (Å²) in [6.07, 6.45) is 3.04. The second-order valence-corrected chi connectivity index (χ2v) is 4.52. The standard InChI is InChI=1S/C14H13N5/c15-8-9-4-6-10(7-5-9)17-13-11-2-1-3-12(11)18-14(16)19-13/h4-7H,1-3H2,(H3,16,17,18,19).